The Hall–Kier alpha value is -1.84. The van der Waals surface area contributed by atoms with E-state index in [1.807, 2.05) is 0 Å². The molecule has 1 unspecified atom stereocenters. The molecule has 2 N–H and O–H groups in total. The molecule has 0 saturated heterocycles. The Kier molecular flexibility index (Phi) is 4.05. The minimum absolute atomic E-state index is 0.231. The molecule has 0 bridgehead atoms. The van der Waals surface area contributed by atoms with Crippen molar-refractivity contribution in [3.8, 4) is 0 Å². The molecule has 0 radical (unpaired) electrons. The molecule has 16 heavy (non-hydrogen) atoms. The van der Waals surface area contributed by atoms with E-state index in [0.717, 1.165) is 0 Å². The van der Waals surface area contributed by atoms with Gasteiger partial charge in [-0.3, -0.25) is 4.79 Å². The standard InChI is InChI=1S/C12H15NO3/c1-8(2)11(14)13-10(12(15)16)9-6-4-3-5-7-9/h3-8,10H,1-2H3,(H,13,14)(H,15,16). The normalized spacial score (nSPS) is 12.2. The lowest BCUT2D eigenvalue weighted by molar-refractivity contribution is -0.142. The van der Waals surface area contributed by atoms with Crippen LogP contribution in [0.4, 0.5) is 0 Å². The number of nitrogens with one attached hydrogen (secondary N) is 1. The van der Waals surface area contributed by atoms with Crippen molar-refractivity contribution in [2.75, 3.05) is 0 Å². The molecule has 1 aromatic carbocycles. The van der Waals surface area contributed by atoms with E-state index in [-0.39, 0.29) is 11.8 Å². The van der Waals surface area contributed by atoms with Gasteiger partial charge in [0.25, 0.3) is 0 Å². The number of benzene rings is 1. The minimum atomic E-state index is -1.06. The summed E-state index contributed by atoms with van der Waals surface area (Å²) < 4.78 is 0. The molecule has 0 heterocycles. The summed E-state index contributed by atoms with van der Waals surface area (Å²) in [6.07, 6.45) is 0. The van der Waals surface area contributed by atoms with E-state index in [1.54, 1.807) is 44.2 Å². The molecular weight excluding hydrogens is 206 g/mol. The minimum Gasteiger partial charge on any atom is -0.479 e. The second kappa shape index (κ2) is 5.30. The summed E-state index contributed by atoms with van der Waals surface area (Å²) in [6, 6.07) is 7.67. The van der Waals surface area contributed by atoms with Crippen molar-refractivity contribution in [1.29, 1.82) is 0 Å². The van der Waals surface area contributed by atoms with Crippen LogP contribution in [0.1, 0.15) is 25.5 Å². The van der Waals surface area contributed by atoms with Crippen LogP contribution in [0.3, 0.4) is 0 Å². The third-order valence-electron chi connectivity index (χ3n) is 2.19. The molecule has 86 valence electrons. The van der Waals surface area contributed by atoms with Crippen molar-refractivity contribution in [1.82, 2.24) is 5.32 Å². The van der Waals surface area contributed by atoms with Gasteiger partial charge < -0.3 is 10.4 Å². The first-order chi connectivity index (χ1) is 7.52. The molecule has 0 aromatic heterocycles. The van der Waals surface area contributed by atoms with Crippen LogP contribution in [0.25, 0.3) is 0 Å². The quantitative estimate of drug-likeness (QED) is 0.811. The smallest absolute Gasteiger partial charge is 0.330 e. The highest BCUT2D eigenvalue weighted by atomic mass is 16.4. The third-order valence-corrected chi connectivity index (χ3v) is 2.19. The Morgan fingerprint density at radius 1 is 1.19 bits per heavy atom. The molecule has 0 fully saturated rings. The fourth-order valence-electron chi connectivity index (χ4n) is 1.24. The van der Waals surface area contributed by atoms with Gasteiger partial charge in [0.1, 0.15) is 0 Å². The Bertz CT molecular complexity index is 373. The molecular formula is C12H15NO3. The van der Waals surface area contributed by atoms with Gasteiger partial charge in [-0.05, 0) is 5.56 Å². The molecule has 0 aliphatic carbocycles. The van der Waals surface area contributed by atoms with E-state index >= 15 is 0 Å². The maximum atomic E-state index is 11.5. The van der Waals surface area contributed by atoms with Crippen molar-refractivity contribution in [2.45, 2.75) is 19.9 Å². The van der Waals surface area contributed by atoms with Gasteiger partial charge in [-0.2, -0.15) is 0 Å². The molecule has 0 spiro atoms. The highest BCUT2D eigenvalue weighted by molar-refractivity contribution is 5.85. The predicted molar refractivity (Wildman–Crippen MR) is 59.8 cm³/mol. The number of hydrogen-bond acceptors (Lipinski definition) is 2. The number of carbonyl (C=O) groups excluding carboxylic acids is 1. The summed E-state index contributed by atoms with van der Waals surface area (Å²) in [5.41, 5.74) is 0.573. The van der Waals surface area contributed by atoms with Gasteiger partial charge in [0, 0.05) is 5.92 Å². The number of amides is 1. The Labute approximate surface area is 94.3 Å². The van der Waals surface area contributed by atoms with Crippen LogP contribution in [0.2, 0.25) is 0 Å². The van der Waals surface area contributed by atoms with Crippen molar-refractivity contribution in [3.63, 3.8) is 0 Å². The lowest BCUT2D eigenvalue weighted by Gasteiger charge is -2.16. The molecule has 1 atom stereocenters. The summed E-state index contributed by atoms with van der Waals surface area (Å²) >= 11 is 0. The van der Waals surface area contributed by atoms with E-state index in [1.165, 1.54) is 0 Å². The van der Waals surface area contributed by atoms with Gasteiger partial charge in [0.15, 0.2) is 6.04 Å². The van der Waals surface area contributed by atoms with Crippen LogP contribution in [0, 0.1) is 5.92 Å². The van der Waals surface area contributed by atoms with Crippen LogP contribution in [-0.2, 0) is 9.59 Å². The van der Waals surface area contributed by atoms with Gasteiger partial charge in [-0.25, -0.2) is 4.79 Å². The maximum absolute atomic E-state index is 11.5. The van der Waals surface area contributed by atoms with E-state index in [9.17, 15) is 9.59 Å². The third kappa shape index (κ3) is 3.08. The molecule has 1 rings (SSSR count). The Morgan fingerprint density at radius 3 is 2.19 bits per heavy atom. The highest BCUT2D eigenvalue weighted by Crippen LogP contribution is 2.13. The van der Waals surface area contributed by atoms with E-state index in [2.05, 4.69) is 5.32 Å². The van der Waals surface area contributed by atoms with Crippen LogP contribution >= 0.6 is 0 Å². The van der Waals surface area contributed by atoms with E-state index in [0.29, 0.717) is 5.56 Å². The van der Waals surface area contributed by atoms with Gasteiger partial charge in [0.05, 0.1) is 0 Å². The zero-order valence-corrected chi connectivity index (χ0v) is 9.31. The monoisotopic (exact) mass is 221 g/mol. The Balaban J connectivity index is 2.85. The first-order valence-corrected chi connectivity index (χ1v) is 5.10. The maximum Gasteiger partial charge on any atom is 0.330 e. The number of carbonyl (C=O) groups is 2. The lowest BCUT2D eigenvalue weighted by Crippen LogP contribution is -2.36. The second-order valence-electron chi connectivity index (χ2n) is 3.85. The number of hydrogen-bond donors (Lipinski definition) is 2. The van der Waals surface area contributed by atoms with E-state index < -0.39 is 12.0 Å². The summed E-state index contributed by atoms with van der Waals surface area (Å²) in [7, 11) is 0. The fraction of sp³-hybridized carbons (Fsp3) is 0.333. The van der Waals surface area contributed by atoms with E-state index in [4.69, 9.17) is 5.11 Å². The summed E-state index contributed by atoms with van der Waals surface area (Å²) in [5.74, 6) is -1.55. The zero-order valence-electron chi connectivity index (χ0n) is 9.31. The lowest BCUT2D eigenvalue weighted by atomic mass is 10.1. The average molecular weight is 221 g/mol. The highest BCUT2D eigenvalue weighted by Gasteiger charge is 2.22. The van der Waals surface area contributed by atoms with Gasteiger partial charge in [-0.1, -0.05) is 44.2 Å². The predicted octanol–water partition coefficient (Wildman–Crippen LogP) is 1.58. The molecule has 4 nitrogen and oxygen atoms in total. The summed E-state index contributed by atoms with van der Waals surface area (Å²) in [4.78, 5) is 22.5. The van der Waals surface area contributed by atoms with Gasteiger partial charge >= 0.3 is 5.97 Å². The number of carboxylic acid groups (broad SMARTS) is 1. The van der Waals surface area contributed by atoms with Crippen LogP contribution in [0.15, 0.2) is 30.3 Å². The van der Waals surface area contributed by atoms with Gasteiger partial charge in [-0.15, -0.1) is 0 Å². The first-order valence-electron chi connectivity index (χ1n) is 5.10. The van der Waals surface area contributed by atoms with Gasteiger partial charge in [0.2, 0.25) is 5.91 Å². The molecule has 1 amide bonds. The Morgan fingerprint density at radius 2 is 1.75 bits per heavy atom. The number of aliphatic carboxylic acids is 1. The van der Waals surface area contributed by atoms with Crippen LogP contribution in [0.5, 0.6) is 0 Å². The number of rotatable bonds is 4. The van der Waals surface area contributed by atoms with Crippen LogP contribution in [-0.4, -0.2) is 17.0 Å². The number of carboxylic acids is 1. The first kappa shape index (κ1) is 12.2. The van der Waals surface area contributed by atoms with Crippen molar-refractivity contribution in [3.05, 3.63) is 35.9 Å². The molecule has 0 aliphatic rings. The van der Waals surface area contributed by atoms with Crippen LogP contribution < -0.4 is 5.32 Å². The fourth-order valence-corrected chi connectivity index (χ4v) is 1.24. The van der Waals surface area contributed by atoms with Crippen molar-refractivity contribution >= 4 is 11.9 Å². The average Bonchev–Trinajstić information content (AvgIpc) is 2.26. The second-order valence-corrected chi connectivity index (χ2v) is 3.85. The zero-order chi connectivity index (χ0) is 12.1. The topological polar surface area (TPSA) is 66.4 Å². The van der Waals surface area contributed by atoms with Crippen molar-refractivity contribution < 1.29 is 14.7 Å². The summed E-state index contributed by atoms with van der Waals surface area (Å²) in [5, 5.41) is 11.5. The molecule has 1 aromatic rings. The molecule has 4 heteroatoms. The van der Waals surface area contributed by atoms with Crippen molar-refractivity contribution in [2.24, 2.45) is 5.92 Å². The largest absolute Gasteiger partial charge is 0.479 e. The SMILES string of the molecule is CC(C)C(=O)NC(C(=O)O)c1ccccc1. The summed E-state index contributed by atoms with van der Waals surface area (Å²) in [6.45, 7) is 3.44. The molecule has 0 aliphatic heterocycles. The molecule has 0 saturated carbocycles.